The zero-order valence-corrected chi connectivity index (χ0v) is 11.2. The third kappa shape index (κ3) is 3.45. The third-order valence-corrected chi connectivity index (χ3v) is 3.55. The molecule has 1 heterocycles. The van der Waals surface area contributed by atoms with Crippen molar-refractivity contribution in [1.29, 1.82) is 0 Å². The summed E-state index contributed by atoms with van der Waals surface area (Å²) in [6, 6.07) is 5.14. The molecule has 0 unspecified atom stereocenters. The van der Waals surface area contributed by atoms with Crippen LogP contribution in [-0.4, -0.2) is 26.2 Å². The van der Waals surface area contributed by atoms with Gasteiger partial charge >= 0.3 is 0 Å². The number of unbranched alkanes of at least 4 members (excludes halogenated alkanes) is 2. The first-order valence-corrected chi connectivity index (χ1v) is 7.05. The number of fused-ring (bicyclic) bond motifs is 1. The van der Waals surface area contributed by atoms with Crippen molar-refractivity contribution in [3.05, 3.63) is 29.6 Å². The van der Waals surface area contributed by atoms with Crippen LogP contribution in [0.5, 0.6) is 0 Å². The number of benzene rings is 1. The summed E-state index contributed by atoms with van der Waals surface area (Å²) in [5.74, 6) is -0.128. The van der Waals surface area contributed by atoms with Crippen molar-refractivity contribution in [1.82, 2.24) is 5.32 Å². The monoisotopic (exact) mass is 250 g/mol. The van der Waals surface area contributed by atoms with Gasteiger partial charge < -0.3 is 10.2 Å². The van der Waals surface area contributed by atoms with Gasteiger partial charge in [-0.15, -0.1) is 0 Å². The van der Waals surface area contributed by atoms with Gasteiger partial charge in [0.2, 0.25) is 0 Å². The number of hydrogen-bond acceptors (Lipinski definition) is 2. The van der Waals surface area contributed by atoms with E-state index < -0.39 is 0 Å². The van der Waals surface area contributed by atoms with Crippen LogP contribution in [0.25, 0.3) is 0 Å². The van der Waals surface area contributed by atoms with Gasteiger partial charge in [0, 0.05) is 25.3 Å². The fraction of sp³-hybridized carbons (Fsp3) is 0.600. The van der Waals surface area contributed by atoms with Crippen LogP contribution in [0.2, 0.25) is 0 Å². The minimum atomic E-state index is -0.128. The van der Waals surface area contributed by atoms with E-state index in [1.54, 1.807) is 12.1 Å². The summed E-state index contributed by atoms with van der Waals surface area (Å²) in [6.45, 7) is 6.30. The molecule has 1 aromatic rings. The lowest BCUT2D eigenvalue weighted by Gasteiger charge is -2.19. The van der Waals surface area contributed by atoms with E-state index in [0.29, 0.717) is 0 Å². The first-order chi connectivity index (χ1) is 8.81. The van der Waals surface area contributed by atoms with Crippen LogP contribution in [0.4, 0.5) is 10.1 Å². The molecule has 1 N–H and O–H groups in total. The van der Waals surface area contributed by atoms with Gasteiger partial charge in [-0.2, -0.15) is 0 Å². The van der Waals surface area contributed by atoms with E-state index in [2.05, 4.69) is 17.1 Å². The first kappa shape index (κ1) is 13.3. The van der Waals surface area contributed by atoms with E-state index in [1.165, 1.54) is 24.8 Å². The van der Waals surface area contributed by atoms with Crippen molar-refractivity contribution in [3.63, 3.8) is 0 Å². The number of halogens is 1. The number of hydrogen-bond donors (Lipinski definition) is 1. The van der Waals surface area contributed by atoms with Crippen LogP contribution in [0.1, 0.15) is 31.7 Å². The van der Waals surface area contributed by atoms with Gasteiger partial charge in [-0.3, -0.25) is 0 Å². The molecule has 2 rings (SSSR count). The molecule has 0 aromatic heterocycles. The van der Waals surface area contributed by atoms with Gasteiger partial charge in [-0.25, -0.2) is 4.39 Å². The second-order valence-corrected chi connectivity index (χ2v) is 4.97. The van der Waals surface area contributed by atoms with Crippen molar-refractivity contribution in [3.8, 4) is 0 Å². The van der Waals surface area contributed by atoms with Gasteiger partial charge in [0.25, 0.3) is 0 Å². The SMILES string of the molecule is CCCCCNCCN1CCc2ccc(F)cc21. The second-order valence-electron chi connectivity index (χ2n) is 4.97. The quantitative estimate of drug-likeness (QED) is 0.748. The Balaban J connectivity index is 1.74. The van der Waals surface area contributed by atoms with Crippen LogP contribution in [0, 0.1) is 5.82 Å². The Labute approximate surface area is 109 Å². The molecule has 100 valence electrons. The fourth-order valence-electron chi connectivity index (χ4n) is 2.49. The lowest BCUT2D eigenvalue weighted by Crippen LogP contribution is -2.31. The summed E-state index contributed by atoms with van der Waals surface area (Å²) in [4.78, 5) is 2.28. The molecule has 0 bridgehead atoms. The van der Waals surface area contributed by atoms with Crippen LogP contribution in [0.3, 0.4) is 0 Å². The van der Waals surface area contributed by atoms with Gasteiger partial charge in [-0.1, -0.05) is 25.8 Å². The molecular formula is C15H23FN2. The largest absolute Gasteiger partial charge is 0.370 e. The minimum Gasteiger partial charge on any atom is -0.370 e. The molecule has 1 aliphatic heterocycles. The van der Waals surface area contributed by atoms with E-state index >= 15 is 0 Å². The maximum atomic E-state index is 13.2. The predicted octanol–water partition coefficient (Wildman–Crippen LogP) is 2.97. The summed E-state index contributed by atoms with van der Waals surface area (Å²) in [6.07, 6.45) is 4.86. The molecule has 0 saturated heterocycles. The van der Waals surface area contributed by atoms with Crippen molar-refractivity contribution in [2.24, 2.45) is 0 Å². The Morgan fingerprint density at radius 3 is 3.00 bits per heavy atom. The van der Waals surface area contributed by atoms with Crippen LogP contribution >= 0.6 is 0 Å². The predicted molar refractivity (Wildman–Crippen MR) is 74.7 cm³/mol. The highest BCUT2D eigenvalue weighted by Crippen LogP contribution is 2.27. The zero-order chi connectivity index (χ0) is 12.8. The summed E-state index contributed by atoms with van der Waals surface area (Å²) >= 11 is 0. The molecule has 2 nitrogen and oxygen atoms in total. The van der Waals surface area contributed by atoms with Crippen molar-refractivity contribution in [2.75, 3.05) is 31.1 Å². The molecule has 0 aliphatic carbocycles. The topological polar surface area (TPSA) is 15.3 Å². The highest BCUT2D eigenvalue weighted by Gasteiger charge is 2.18. The summed E-state index contributed by atoms with van der Waals surface area (Å²) in [5.41, 5.74) is 2.37. The van der Waals surface area contributed by atoms with Crippen molar-refractivity contribution in [2.45, 2.75) is 32.6 Å². The Bertz CT molecular complexity index is 379. The van der Waals surface area contributed by atoms with E-state index in [-0.39, 0.29) is 5.82 Å². The summed E-state index contributed by atoms with van der Waals surface area (Å²) in [5, 5.41) is 3.46. The molecule has 0 saturated carbocycles. The van der Waals surface area contributed by atoms with Crippen molar-refractivity contribution < 1.29 is 4.39 Å². The Morgan fingerprint density at radius 2 is 2.17 bits per heavy atom. The lowest BCUT2D eigenvalue weighted by molar-refractivity contribution is 0.609. The van der Waals surface area contributed by atoms with E-state index in [0.717, 1.165) is 38.3 Å². The van der Waals surface area contributed by atoms with E-state index in [1.807, 2.05) is 6.07 Å². The molecule has 0 atom stereocenters. The molecule has 0 amide bonds. The second kappa shape index (κ2) is 6.74. The van der Waals surface area contributed by atoms with E-state index in [4.69, 9.17) is 0 Å². The Morgan fingerprint density at radius 1 is 1.28 bits per heavy atom. The molecule has 1 aromatic carbocycles. The maximum absolute atomic E-state index is 13.2. The first-order valence-electron chi connectivity index (χ1n) is 7.05. The van der Waals surface area contributed by atoms with Gasteiger partial charge in [-0.05, 0) is 37.1 Å². The highest BCUT2D eigenvalue weighted by molar-refractivity contribution is 5.58. The Hall–Kier alpha value is -1.09. The highest BCUT2D eigenvalue weighted by atomic mass is 19.1. The minimum absolute atomic E-state index is 0.128. The van der Waals surface area contributed by atoms with Crippen LogP contribution < -0.4 is 10.2 Å². The standard InChI is InChI=1S/C15H23FN2/c1-2-3-4-8-17-9-11-18-10-7-13-5-6-14(16)12-15(13)18/h5-6,12,17H,2-4,7-11H2,1H3. The third-order valence-electron chi connectivity index (χ3n) is 3.55. The number of nitrogens with one attached hydrogen (secondary N) is 1. The van der Waals surface area contributed by atoms with Crippen LogP contribution in [-0.2, 0) is 6.42 Å². The molecule has 0 fully saturated rings. The molecule has 3 heteroatoms. The van der Waals surface area contributed by atoms with Gasteiger partial charge in [0.1, 0.15) is 5.82 Å². The average Bonchev–Trinajstić information content (AvgIpc) is 2.76. The molecule has 0 spiro atoms. The van der Waals surface area contributed by atoms with E-state index in [9.17, 15) is 4.39 Å². The zero-order valence-electron chi connectivity index (χ0n) is 11.2. The average molecular weight is 250 g/mol. The number of nitrogens with zero attached hydrogens (tertiary/aromatic N) is 1. The summed E-state index contributed by atoms with van der Waals surface area (Å²) < 4.78 is 13.2. The molecule has 18 heavy (non-hydrogen) atoms. The smallest absolute Gasteiger partial charge is 0.125 e. The van der Waals surface area contributed by atoms with Gasteiger partial charge in [0.05, 0.1) is 0 Å². The van der Waals surface area contributed by atoms with Crippen molar-refractivity contribution >= 4 is 5.69 Å². The molecular weight excluding hydrogens is 227 g/mol. The lowest BCUT2D eigenvalue weighted by atomic mass is 10.2. The summed E-state index contributed by atoms with van der Waals surface area (Å²) in [7, 11) is 0. The molecule has 1 aliphatic rings. The molecule has 0 radical (unpaired) electrons. The van der Waals surface area contributed by atoms with Crippen LogP contribution in [0.15, 0.2) is 18.2 Å². The normalized spacial score (nSPS) is 14.0. The number of rotatable bonds is 7. The Kier molecular flexibility index (Phi) is 5.00. The maximum Gasteiger partial charge on any atom is 0.125 e. The number of anilines is 1. The van der Waals surface area contributed by atoms with Gasteiger partial charge in [0.15, 0.2) is 0 Å². The fourth-order valence-corrected chi connectivity index (χ4v) is 2.49.